The highest BCUT2D eigenvalue weighted by Crippen LogP contribution is 1.95. The van der Waals surface area contributed by atoms with Crippen LogP contribution in [0.25, 0.3) is 0 Å². The molecule has 0 amide bonds. The van der Waals surface area contributed by atoms with Crippen LogP contribution in [0.15, 0.2) is 12.7 Å². The maximum atomic E-state index is 11.0. The molecule has 0 radical (unpaired) electrons. The van der Waals surface area contributed by atoms with Gasteiger partial charge < -0.3 is 19.7 Å². The zero-order valence-corrected chi connectivity index (χ0v) is 11.8. The molecule has 4 N–H and O–H groups in total. The molecule has 0 aromatic heterocycles. The van der Waals surface area contributed by atoms with Crippen LogP contribution in [0, 0.1) is 0 Å². The number of carboxylic acid groups (broad SMARTS) is 1. The number of hydrogen-bond acceptors (Lipinski definition) is 6. The molecule has 7 heteroatoms. The first-order valence-corrected chi connectivity index (χ1v) is 6.76. The lowest BCUT2D eigenvalue weighted by Gasteiger charge is -2.15. The number of aliphatic hydroxyl groups excluding tert-OH is 1. The quantitative estimate of drug-likeness (QED) is 0.190. The van der Waals surface area contributed by atoms with Gasteiger partial charge in [0.05, 0.1) is 26.7 Å². The number of allylic oxidation sites excluding steroid dienone is 1. The maximum Gasteiger partial charge on any atom is 0.322 e. The normalized spacial score (nSPS) is 12.2. The number of hydrogen-bond donors (Lipinski definition) is 4. The van der Waals surface area contributed by atoms with Crippen molar-refractivity contribution in [1.29, 1.82) is 0 Å². The van der Waals surface area contributed by atoms with Gasteiger partial charge in [-0.15, -0.1) is 6.58 Å². The summed E-state index contributed by atoms with van der Waals surface area (Å²) < 4.78 is 10.3. The Balaban J connectivity index is 3.54. The van der Waals surface area contributed by atoms with Gasteiger partial charge in [0.1, 0.15) is 6.04 Å². The van der Waals surface area contributed by atoms with Crippen LogP contribution in [0.3, 0.4) is 0 Å². The number of unbranched alkanes of at least 4 members (excludes halogenated alkanes) is 2. The van der Waals surface area contributed by atoms with E-state index >= 15 is 0 Å². The van der Waals surface area contributed by atoms with Crippen LogP contribution in [0.1, 0.15) is 19.3 Å². The summed E-state index contributed by atoms with van der Waals surface area (Å²) in [5.74, 6) is -0.949. The van der Waals surface area contributed by atoms with Crippen LogP contribution in [0.5, 0.6) is 0 Å². The van der Waals surface area contributed by atoms with E-state index in [9.17, 15) is 4.79 Å². The topological polar surface area (TPSA) is 100 Å². The second-order valence-electron chi connectivity index (χ2n) is 4.16. The molecular weight excluding hydrogens is 264 g/mol. The lowest BCUT2D eigenvalue weighted by Crippen LogP contribution is -2.45. The van der Waals surface area contributed by atoms with Crippen LogP contribution in [0.2, 0.25) is 0 Å². The van der Waals surface area contributed by atoms with Crippen molar-refractivity contribution in [2.75, 3.05) is 39.8 Å². The van der Waals surface area contributed by atoms with Crippen LogP contribution >= 0.6 is 0 Å². The Morgan fingerprint density at radius 1 is 1.25 bits per heavy atom. The summed E-state index contributed by atoms with van der Waals surface area (Å²) in [5.41, 5.74) is 0. The van der Waals surface area contributed by atoms with Gasteiger partial charge >= 0.3 is 5.97 Å². The molecule has 0 aromatic carbocycles. The first-order valence-electron chi connectivity index (χ1n) is 6.76. The molecule has 1 atom stereocenters. The Kier molecular flexibility index (Phi) is 13.7. The standard InChI is InChI=1S/C13H26N2O5/c1-2-3-4-5-7-19-11-15-12(13(17)18)9-14-10-20-8-6-16/h2,12,14-16H,1,3-11H2,(H,17,18). The van der Waals surface area contributed by atoms with Crippen molar-refractivity contribution in [3.05, 3.63) is 12.7 Å². The maximum absolute atomic E-state index is 11.0. The minimum atomic E-state index is -0.949. The van der Waals surface area contributed by atoms with E-state index in [4.69, 9.17) is 19.7 Å². The summed E-state index contributed by atoms with van der Waals surface area (Å²) in [7, 11) is 0. The van der Waals surface area contributed by atoms with Crippen LogP contribution < -0.4 is 10.6 Å². The third kappa shape index (κ3) is 12.1. The van der Waals surface area contributed by atoms with E-state index < -0.39 is 12.0 Å². The van der Waals surface area contributed by atoms with Gasteiger partial charge in [-0.1, -0.05) is 6.08 Å². The molecule has 20 heavy (non-hydrogen) atoms. The van der Waals surface area contributed by atoms with Gasteiger partial charge in [0.15, 0.2) is 0 Å². The second-order valence-corrected chi connectivity index (χ2v) is 4.16. The average Bonchev–Trinajstić information content (AvgIpc) is 2.43. The monoisotopic (exact) mass is 290 g/mol. The van der Waals surface area contributed by atoms with E-state index in [2.05, 4.69) is 17.2 Å². The summed E-state index contributed by atoms with van der Waals surface area (Å²) in [5, 5.41) is 23.1. The van der Waals surface area contributed by atoms with Gasteiger partial charge in [-0.25, -0.2) is 0 Å². The Hall–Kier alpha value is -0.990. The molecule has 1 unspecified atom stereocenters. The smallest absolute Gasteiger partial charge is 0.322 e. The molecular formula is C13H26N2O5. The van der Waals surface area contributed by atoms with E-state index in [0.29, 0.717) is 6.61 Å². The van der Waals surface area contributed by atoms with Crippen LogP contribution in [0.4, 0.5) is 0 Å². The van der Waals surface area contributed by atoms with Gasteiger partial charge in [0.25, 0.3) is 0 Å². The molecule has 0 saturated heterocycles. The Morgan fingerprint density at radius 3 is 2.65 bits per heavy atom. The fraction of sp³-hybridized carbons (Fsp3) is 0.769. The third-order valence-electron chi connectivity index (χ3n) is 2.47. The van der Waals surface area contributed by atoms with Gasteiger partial charge in [0, 0.05) is 13.2 Å². The van der Waals surface area contributed by atoms with Crippen molar-refractivity contribution in [3.8, 4) is 0 Å². The Labute approximate surface area is 120 Å². The van der Waals surface area contributed by atoms with Gasteiger partial charge in [0.2, 0.25) is 0 Å². The van der Waals surface area contributed by atoms with Crippen molar-refractivity contribution >= 4 is 5.97 Å². The minimum Gasteiger partial charge on any atom is -0.480 e. The number of carbonyl (C=O) groups is 1. The molecule has 0 spiro atoms. The summed E-state index contributed by atoms with van der Waals surface area (Å²) in [6, 6.07) is -0.735. The second kappa shape index (κ2) is 14.4. The number of ether oxygens (including phenoxy) is 2. The number of nitrogens with one attached hydrogen (secondary N) is 2. The average molecular weight is 290 g/mol. The molecule has 0 bridgehead atoms. The molecule has 0 aliphatic rings. The molecule has 118 valence electrons. The van der Waals surface area contributed by atoms with E-state index in [1.807, 2.05) is 6.08 Å². The first kappa shape index (κ1) is 19.0. The van der Waals surface area contributed by atoms with Gasteiger partial charge in [-0.2, -0.15) is 0 Å². The third-order valence-corrected chi connectivity index (χ3v) is 2.47. The molecule has 0 aromatic rings. The fourth-order valence-electron chi connectivity index (χ4n) is 1.38. The molecule has 0 fully saturated rings. The zero-order valence-electron chi connectivity index (χ0n) is 11.8. The van der Waals surface area contributed by atoms with Crippen molar-refractivity contribution in [2.45, 2.75) is 25.3 Å². The van der Waals surface area contributed by atoms with E-state index in [1.54, 1.807) is 0 Å². The van der Waals surface area contributed by atoms with E-state index in [0.717, 1.165) is 19.3 Å². The molecule has 0 saturated carbocycles. The lowest BCUT2D eigenvalue weighted by atomic mass is 10.2. The van der Waals surface area contributed by atoms with Crippen LogP contribution in [-0.4, -0.2) is 62.1 Å². The van der Waals surface area contributed by atoms with Crippen molar-refractivity contribution in [2.24, 2.45) is 0 Å². The number of carboxylic acids is 1. The highest BCUT2D eigenvalue weighted by molar-refractivity contribution is 5.73. The van der Waals surface area contributed by atoms with Gasteiger partial charge in [-0.05, 0) is 19.3 Å². The summed E-state index contributed by atoms with van der Waals surface area (Å²) in [6.07, 6.45) is 4.78. The van der Waals surface area contributed by atoms with Crippen molar-refractivity contribution < 1.29 is 24.5 Å². The lowest BCUT2D eigenvalue weighted by molar-refractivity contribution is -0.140. The molecule has 0 rings (SSSR count). The predicted octanol–water partition coefficient (Wildman–Crippen LogP) is -0.0844. The van der Waals surface area contributed by atoms with Crippen molar-refractivity contribution in [3.63, 3.8) is 0 Å². The number of aliphatic carboxylic acids is 1. The SMILES string of the molecule is C=CCCCCOCNC(CNCOCCO)C(=O)O. The number of rotatable bonds is 15. The van der Waals surface area contributed by atoms with Crippen LogP contribution in [-0.2, 0) is 14.3 Å². The summed E-state index contributed by atoms with van der Waals surface area (Å²) >= 11 is 0. The summed E-state index contributed by atoms with van der Waals surface area (Å²) in [4.78, 5) is 11.0. The van der Waals surface area contributed by atoms with Gasteiger partial charge in [-0.3, -0.25) is 15.4 Å². The molecule has 0 aliphatic carbocycles. The highest BCUT2D eigenvalue weighted by Gasteiger charge is 2.15. The minimum absolute atomic E-state index is 0.0536. The first-order chi connectivity index (χ1) is 9.72. The zero-order chi connectivity index (χ0) is 15.1. The van der Waals surface area contributed by atoms with Crippen molar-refractivity contribution in [1.82, 2.24) is 10.6 Å². The molecule has 7 nitrogen and oxygen atoms in total. The molecule has 0 heterocycles. The van der Waals surface area contributed by atoms with E-state index in [-0.39, 0.29) is 33.2 Å². The Morgan fingerprint density at radius 2 is 2.00 bits per heavy atom. The highest BCUT2D eigenvalue weighted by atomic mass is 16.5. The predicted molar refractivity (Wildman–Crippen MR) is 75.3 cm³/mol. The molecule has 0 aliphatic heterocycles. The Bertz CT molecular complexity index is 251. The number of aliphatic hydroxyl groups is 1. The fourth-order valence-corrected chi connectivity index (χ4v) is 1.38. The summed E-state index contributed by atoms with van der Waals surface area (Å²) in [6.45, 7) is 5.03. The van der Waals surface area contributed by atoms with E-state index in [1.165, 1.54) is 0 Å². The largest absolute Gasteiger partial charge is 0.480 e.